The Labute approximate surface area is 151 Å². The molecule has 0 aliphatic carbocycles. The maximum absolute atomic E-state index is 6.01. The van der Waals surface area contributed by atoms with Crippen molar-refractivity contribution in [1.82, 2.24) is 5.32 Å². The van der Waals surface area contributed by atoms with Gasteiger partial charge in [0.15, 0.2) is 0 Å². The molecule has 2 nitrogen and oxygen atoms in total. The highest BCUT2D eigenvalue weighted by Crippen LogP contribution is 2.24. The molecule has 3 heteroatoms. The number of unbranched alkanes of at least 4 members (excludes halogenated alkanes) is 7. The van der Waals surface area contributed by atoms with Crippen LogP contribution in [-0.2, 0) is 0 Å². The number of ether oxygens (including phenoxy) is 1. The lowest BCUT2D eigenvalue weighted by atomic mass is 10.1. The summed E-state index contributed by atoms with van der Waals surface area (Å²) < 4.78 is 5.88. The van der Waals surface area contributed by atoms with Gasteiger partial charge in [-0.2, -0.15) is 0 Å². The van der Waals surface area contributed by atoms with E-state index in [0.29, 0.717) is 0 Å². The number of fused-ring (bicyclic) bond motifs is 1. The minimum absolute atomic E-state index is 0.776. The zero-order chi connectivity index (χ0) is 17.0. The smallest absolute Gasteiger partial charge is 0.119 e. The fourth-order valence-electron chi connectivity index (χ4n) is 2.94. The monoisotopic (exact) mass is 347 g/mol. The van der Waals surface area contributed by atoms with Gasteiger partial charge in [0, 0.05) is 5.02 Å². The van der Waals surface area contributed by atoms with Crippen LogP contribution in [0, 0.1) is 0 Å². The first-order chi connectivity index (χ1) is 11.8. The van der Waals surface area contributed by atoms with Gasteiger partial charge in [-0.05, 0) is 61.5 Å². The van der Waals surface area contributed by atoms with E-state index in [-0.39, 0.29) is 0 Å². The molecular formula is C21H30ClNO. The molecule has 2 aromatic rings. The Hall–Kier alpha value is -1.25. The van der Waals surface area contributed by atoms with Gasteiger partial charge in [0.1, 0.15) is 5.75 Å². The van der Waals surface area contributed by atoms with Crippen LogP contribution in [0.5, 0.6) is 5.75 Å². The Bertz CT molecular complexity index is 599. The van der Waals surface area contributed by atoms with Crippen LogP contribution >= 0.6 is 11.6 Å². The molecule has 0 spiro atoms. The minimum Gasteiger partial charge on any atom is -0.494 e. The van der Waals surface area contributed by atoms with Gasteiger partial charge in [0.05, 0.1) is 6.61 Å². The normalized spacial score (nSPS) is 11.1. The second-order valence-corrected chi connectivity index (χ2v) is 6.87. The van der Waals surface area contributed by atoms with Gasteiger partial charge in [0.25, 0.3) is 0 Å². The van der Waals surface area contributed by atoms with E-state index in [2.05, 4.69) is 17.4 Å². The predicted octanol–water partition coefficient (Wildman–Crippen LogP) is 6.21. The summed E-state index contributed by atoms with van der Waals surface area (Å²) in [4.78, 5) is 0. The highest BCUT2D eigenvalue weighted by molar-refractivity contribution is 6.31. The first-order valence-electron chi connectivity index (χ1n) is 9.26. The van der Waals surface area contributed by atoms with E-state index < -0.39 is 0 Å². The number of benzene rings is 2. The lowest BCUT2D eigenvalue weighted by Gasteiger charge is -2.08. The number of hydrogen-bond donors (Lipinski definition) is 1. The van der Waals surface area contributed by atoms with E-state index in [1.165, 1.54) is 50.3 Å². The maximum atomic E-state index is 6.01. The Kier molecular flexibility index (Phi) is 9.01. The van der Waals surface area contributed by atoms with Crippen molar-refractivity contribution >= 4 is 22.4 Å². The maximum Gasteiger partial charge on any atom is 0.119 e. The van der Waals surface area contributed by atoms with Crippen LogP contribution in [-0.4, -0.2) is 20.2 Å². The fraction of sp³-hybridized carbons (Fsp3) is 0.524. The molecule has 0 aliphatic heterocycles. The van der Waals surface area contributed by atoms with E-state index >= 15 is 0 Å². The quantitative estimate of drug-likeness (QED) is 0.461. The van der Waals surface area contributed by atoms with E-state index in [4.69, 9.17) is 16.3 Å². The van der Waals surface area contributed by atoms with Crippen molar-refractivity contribution < 1.29 is 4.74 Å². The molecule has 0 radical (unpaired) electrons. The molecule has 0 bridgehead atoms. The molecule has 0 amide bonds. The van der Waals surface area contributed by atoms with Gasteiger partial charge in [-0.3, -0.25) is 0 Å². The zero-order valence-electron chi connectivity index (χ0n) is 14.8. The van der Waals surface area contributed by atoms with Crippen molar-refractivity contribution in [2.75, 3.05) is 20.2 Å². The lowest BCUT2D eigenvalue weighted by Crippen LogP contribution is -2.06. The summed E-state index contributed by atoms with van der Waals surface area (Å²) in [6.45, 7) is 1.96. The third-order valence-electron chi connectivity index (χ3n) is 4.36. The first-order valence-corrected chi connectivity index (χ1v) is 9.64. The second-order valence-electron chi connectivity index (χ2n) is 6.43. The van der Waals surface area contributed by atoms with Crippen LogP contribution < -0.4 is 10.1 Å². The molecule has 2 rings (SSSR count). The predicted molar refractivity (Wildman–Crippen MR) is 105 cm³/mol. The lowest BCUT2D eigenvalue weighted by molar-refractivity contribution is 0.304. The van der Waals surface area contributed by atoms with Crippen molar-refractivity contribution in [2.24, 2.45) is 0 Å². The molecule has 132 valence electrons. The van der Waals surface area contributed by atoms with Crippen LogP contribution in [0.4, 0.5) is 0 Å². The van der Waals surface area contributed by atoms with E-state index in [0.717, 1.165) is 35.7 Å². The van der Waals surface area contributed by atoms with Crippen LogP contribution in [0.15, 0.2) is 36.4 Å². The molecule has 0 saturated heterocycles. The second kappa shape index (κ2) is 11.3. The summed E-state index contributed by atoms with van der Waals surface area (Å²) >= 11 is 6.01. The average Bonchev–Trinajstić information content (AvgIpc) is 2.59. The molecule has 0 heterocycles. The van der Waals surface area contributed by atoms with E-state index in [1.54, 1.807) is 0 Å². The Morgan fingerprint density at radius 3 is 2.17 bits per heavy atom. The molecule has 0 fully saturated rings. The Morgan fingerprint density at radius 1 is 0.792 bits per heavy atom. The SMILES string of the molecule is CNCCCCCCCCCCOc1ccc2cc(Cl)ccc2c1. The molecule has 0 saturated carbocycles. The third-order valence-corrected chi connectivity index (χ3v) is 4.60. The van der Waals surface area contributed by atoms with Gasteiger partial charge in [-0.1, -0.05) is 62.3 Å². The highest BCUT2D eigenvalue weighted by Gasteiger charge is 1.99. The summed E-state index contributed by atoms with van der Waals surface area (Å²) in [6.07, 6.45) is 10.5. The first kappa shape index (κ1) is 19.1. The highest BCUT2D eigenvalue weighted by atomic mass is 35.5. The van der Waals surface area contributed by atoms with Crippen LogP contribution in [0.1, 0.15) is 51.4 Å². The topological polar surface area (TPSA) is 21.3 Å². The van der Waals surface area contributed by atoms with Gasteiger partial charge in [-0.15, -0.1) is 0 Å². The van der Waals surface area contributed by atoms with E-state index in [1.807, 2.05) is 31.3 Å². The Morgan fingerprint density at radius 2 is 1.42 bits per heavy atom. The van der Waals surface area contributed by atoms with Gasteiger partial charge in [-0.25, -0.2) is 0 Å². The van der Waals surface area contributed by atoms with Gasteiger partial charge >= 0.3 is 0 Å². The number of nitrogens with one attached hydrogen (secondary N) is 1. The molecule has 24 heavy (non-hydrogen) atoms. The fourth-order valence-corrected chi connectivity index (χ4v) is 3.12. The molecular weight excluding hydrogens is 318 g/mol. The molecule has 2 aromatic carbocycles. The van der Waals surface area contributed by atoms with Crippen LogP contribution in [0.25, 0.3) is 10.8 Å². The summed E-state index contributed by atoms with van der Waals surface area (Å²) in [5, 5.41) is 6.31. The molecule has 0 unspecified atom stereocenters. The summed E-state index contributed by atoms with van der Waals surface area (Å²) in [6, 6.07) is 12.2. The minimum atomic E-state index is 0.776. The third kappa shape index (κ3) is 7.11. The number of hydrogen-bond acceptors (Lipinski definition) is 2. The van der Waals surface area contributed by atoms with E-state index in [9.17, 15) is 0 Å². The molecule has 1 N–H and O–H groups in total. The Balaban J connectivity index is 1.54. The van der Waals surface area contributed by atoms with Crippen LogP contribution in [0.3, 0.4) is 0 Å². The molecule has 0 aliphatic rings. The van der Waals surface area contributed by atoms with Crippen molar-refractivity contribution in [3.63, 3.8) is 0 Å². The summed E-state index contributed by atoms with van der Waals surface area (Å²) in [5.74, 6) is 0.953. The summed E-state index contributed by atoms with van der Waals surface area (Å²) in [7, 11) is 2.02. The molecule has 0 atom stereocenters. The van der Waals surface area contributed by atoms with Crippen LogP contribution in [0.2, 0.25) is 5.02 Å². The van der Waals surface area contributed by atoms with Crippen molar-refractivity contribution in [2.45, 2.75) is 51.4 Å². The number of halogens is 1. The van der Waals surface area contributed by atoms with Crippen molar-refractivity contribution in [3.05, 3.63) is 41.4 Å². The standard InChI is InChI=1S/C21H30ClNO/c1-23-14-8-6-4-2-3-5-7-9-15-24-21-13-11-18-16-20(22)12-10-19(18)17-21/h10-13,16-17,23H,2-9,14-15H2,1H3. The van der Waals surface area contributed by atoms with Gasteiger partial charge < -0.3 is 10.1 Å². The van der Waals surface area contributed by atoms with Crippen molar-refractivity contribution in [3.8, 4) is 5.75 Å². The number of rotatable bonds is 12. The van der Waals surface area contributed by atoms with Crippen molar-refractivity contribution in [1.29, 1.82) is 0 Å². The van der Waals surface area contributed by atoms with Gasteiger partial charge in [0.2, 0.25) is 0 Å². The zero-order valence-corrected chi connectivity index (χ0v) is 15.6. The largest absolute Gasteiger partial charge is 0.494 e. The summed E-state index contributed by atoms with van der Waals surface area (Å²) in [5.41, 5.74) is 0. The average molecular weight is 348 g/mol. The molecule has 0 aromatic heterocycles.